The van der Waals surface area contributed by atoms with Crippen molar-refractivity contribution < 1.29 is 9.32 Å². The molecule has 2 aromatic rings. The van der Waals surface area contributed by atoms with E-state index in [1.165, 1.54) is 6.42 Å². The van der Waals surface area contributed by atoms with Gasteiger partial charge in [-0.25, -0.2) is 0 Å². The molecule has 22 heavy (non-hydrogen) atoms. The zero-order valence-electron chi connectivity index (χ0n) is 12.6. The van der Waals surface area contributed by atoms with Crippen LogP contribution in [-0.4, -0.2) is 29.1 Å². The topological polar surface area (TPSA) is 46.3 Å². The van der Waals surface area contributed by atoms with E-state index in [1.807, 2.05) is 41.3 Å². The SMILES string of the molecule is O=C(N1CCCCC1)C1(c2cc(-c3ccccc3)on2)CC1. The van der Waals surface area contributed by atoms with Crippen LogP contribution in [0.15, 0.2) is 40.9 Å². The van der Waals surface area contributed by atoms with E-state index in [-0.39, 0.29) is 5.91 Å². The molecule has 1 aliphatic heterocycles. The first-order chi connectivity index (χ1) is 10.8. The van der Waals surface area contributed by atoms with Crippen molar-refractivity contribution in [3.8, 4) is 11.3 Å². The van der Waals surface area contributed by atoms with Gasteiger partial charge in [-0.15, -0.1) is 0 Å². The zero-order chi connectivity index (χ0) is 15.0. The molecule has 0 unspecified atom stereocenters. The van der Waals surface area contributed by atoms with Crippen molar-refractivity contribution in [2.45, 2.75) is 37.5 Å². The number of carbonyl (C=O) groups excluding carboxylic acids is 1. The van der Waals surface area contributed by atoms with E-state index in [4.69, 9.17) is 4.52 Å². The Kier molecular flexibility index (Phi) is 3.25. The Morgan fingerprint density at radius 3 is 2.50 bits per heavy atom. The van der Waals surface area contributed by atoms with Gasteiger partial charge in [0, 0.05) is 24.7 Å². The molecule has 2 aliphatic rings. The van der Waals surface area contributed by atoms with Gasteiger partial charge in [-0.3, -0.25) is 4.79 Å². The molecule has 1 saturated carbocycles. The van der Waals surface area contributed by atoms with Crippen LogP contribution in [0.2, 0.25) is 0 Å². The van der Waals surface area contributed by atoms with Gasteiger partial charge in [-0.05, 0) is 32.1 Å². The normalized spacial score (nSPS) is 19.9. The number of amides is 1. The van der Waals surface area contributed by atoms with Crippen LogP contribution in [0.1, 0.15) is 37.8 Å². The number of benzene rings is 1. The third-order valence-corrected chi connectivity index (χ3v) is 4.86. The Labute approximate surface area is 130 Å². The van der Waals surface area contributed by atoms with E-state index < -0.39 is 5.41 Å². The monoisotopic (exact) mass is 296 g/mol. The van der Waals surface area contributed by atoms with Crippen LogP contribution in [-0.2, 0) is 10.2 Å². The number of hydrogen-bond donors (Lipinski definition) is 0. The smallest absolute Gasteiger partial charge is 0.234 e. The maximum absolute atomic E-state index is 12.9. The number of nitrogens with zero attached hydrogens (tertiary/aromatic N) is 2. The lowest BCUT2D eigenvalue weighted by atomic mass is 9.98. The van der Waals surface area contributed by atoms with Crippen molar-refractivity contribution in [1.82, 2.24) is 10.1 Å². The van der Waals surface area contributed by atoms with Crippen molar-refractivity contribution in [2.24, 2.45) is 0 Å². The molecule has 4 nitrogen and oxygen atoms in total. The van der Waals surface area contributed by atoms with Crippen LogP contribution in [0, 0.1) is 0 Å². The van der Waals surface area contributed by atoms with Gasteiger partial charge in [0.05, 0.1) is 11.1 Å². The van der Waals surface area contributed by atoms with Gasteiger partial charge >= 0.3 is 0 Å². The number of rotatable bonds is 3. The van der Waals surface area contributed by atoms with Crippen LogP contribution >= 0.6 is 0 Å². The average molecular weight is 296 g/mol. The Hall–Kier alpha value is -2.10. The second-order valence-corrected chi connectivity index (χ2v) is 6.38. The molecule has 1 amide bonds. The van der Waals surface area contributed by atoms with Gasteiger partial charge in [-0.1, -0.05) is 35.5 Å². The molecule has 1 aromatic heterocycles. The van der Waals surface area contributed by atoms with Crippen molar-refractivity contribution in [3.05, 3.63) is 42.1 Å². The highest BCUT2D eigenvalue weighted by atomic mass is 16.5. The molecule has 0 radical (unpaired) electrons. The quantitative estimate of drug-likeness (QED) is 0.872. The van der Waals surface area contributed by atoms with E-state index >= 15 is 0 Å². The lowest BCUT2D eigenvalue weighted by Crippen LogP contribution is -2.42. The summed E-state index contributed by atoms with van der Waals surface area (Å²) in [6.07, 6.45) is 5.26. The highest BCUT2D eigenvalue weighted by molar-refractivity contribution is 5.91. The molecule has 0 bridgehead atoms. The highest BCUT2D eigenvalue weighted by Crippen LogP contribution is 2.50. The van der Waals surface area contributed by atoms with E-state index in [9.17, 15) is 4.79 Å². The number of carbonyl (C=O) groups is 1. The number of aromatic nitrogens is 1. The maximum atomic E-state index is 12.9. The van der Waals surface area contributed by atoms with Gasteiger partial charge in [0.25, 0.3) is 0 Å². The fourth-order valence-corrected chi connectivity index (χ4v) is 3.34. The van der Waals surface area contributed by atoms with Crippen LogP contribution in [0.25, 0.3) is 11.3 Å². The zero-order valence-corrected chi connectivity index (χ0v) is 12.6. The van der Waals surface area contributed by atoms with Crippen molar-refractivity contribution >= 4 is 5.91 Å². The summed E-state index contributed by atoms with van der Waals surface area (Å²) in [4.78, 5) is 14.9. The van der Waals surface area contributed by atoms with Crippen LogP contribution in [0.4, 0.5) is 0 Å². The molecule has 0 N–H and O–H groups in total. The molecule has 4 rings (SSSR count). The molecule has 114 valence electrons. The Morgan fingerprint density at radius 2 is 1.82 bits per heavy atom. The number of piperidine rings is 1. The van der Waals surface area contributed by atoms with Gasteiger partial charge in [0.15, 0.2) is 5.76 Å². The van der Waals surface area contributed by atoms with E-state index in [2.05, 4.69) is 5.16 Å². The van der Waals surface area contributed by atoms with Crippen LogP contribution in [0.3, 0.4) is 0 Å². The van der Waals surface area contributed by atoms with Crippen molar-refractivity contribution in [1.29, 1.82) is 0 Å². The summed E-state index contributed by atoms with van der Waals surface area (Å²) in [7, 11) is 0. The van der Waals surface area contributed by atoms with E-state index in [0.29, 0.717) is 0 Å². The average Bonchev–Trinajstić information content (AvgIpc) is 3.25. The number of likely N-dealkylation sites (tertiary alicyclic amines) is 1. The largest absolute Gasteiger partial charge is 0.356 e. The summed E-state index contributed by atoms with van der Waals surface area (Å²) in [6, 6.07) is 11.9. The molecule has 0 spiro atoms. The lowest BCUT2D eigenvalue weighted by Gasteiger charge is -2.29. The molecule has 1 saturated heterocycles. The highest BCUT2D eigenvalue weighted by Gasteiger charge is 2.55. The first-order valence-electron chi connectivity index (χ1n) is 8.12. The van der Waals surface area contributed by atoms with Gasteiger partial charge in [0.2, 0.25) is 5.91 Å². The van der Waals surface area contributed by atoms with Gasteiger partial charge in [0.1, 0.15) is 0 Å². The molecule has 1 aromatic carbocycles. The standard InChI is InChI=1S/C18H20N2O2/c21-17(20-11-5-2-6-12-20)18(9-10-18)16-13-15(22-19-16)14-7-3-1-4-8-14/h1,3-4,7-8,13H,2,5-6,9-12H2. The predicted molar refractivity (Wildman–Crippen MR) is 83.3 cm³/mol. The van der Waals surface area contributed by atoms with Crippen molar-refractivity contribution in [2.75, 3.05) is 13.1 Å². The summed E-state index contributed by atoms with van der Waals surface area (Å²) in [5, 5.41) is 4.22. The molecule has 1 aliphatic carbocycles. The van der Waals surface area contributed by atoms with Gasteiger partial charge < -0.3 is 9.42 Å². The summed E-state index contributed by atoms with van der Waals surface area (Å²) in [5.41, 5.74) is 1.40. The predicted octanol–water partition coefficient (Wildman–Crippen LogP) is 3.39. The fraction of sp³-hybridized carbons (Fsp3) is 0.444. The first-order valence-corrected chi connectivity index (χ1v) is 8.12. The molecular weight excluding hydrogens is 276 g/mol. The molecule has 2 heterocycles. The van der Waals surface area contributed by atoms with E-state index in [0.717, 1.165) is 55.8 Å². The third kappa shape index (κ3) is 2.23. The third-order valence-electron chi connectivity index (χ3n) is 4.86. The molecule has 2 fully saturated rings. The fourth-order valence-electron chi connectivity index (χ4n) is 3.34. The van der Waals surface area contributed by atoms with Crippen LogP contribution in [0.5, 0.6) is 0 Å². The Balaban J connectivity index is 1.59. The van der Waals surface area contributed by atoms with Crippen LogP contribution < -0.4 is 0 Å². The maximum Gasteiger partial charge on any atom is 0.234 e. The van der Waals surface area contributed by atoms with Crippen molar-refractivity contribution in [3.63, 3.8) is 0 Å². The van der Waals surface area contributed by atoms with Gasteiger partial charge in [-0.2, -0.15) is 0 Å². The lowest BCUT2D eigenvalue weighted by molar-refractivity contribution is -0.135. The first kappa shape index (κ1) is 13.6. The Morgan fingerprint density at radius 1 is 1.09 bits per heavy atom. The minimum Gasteiger partial charge on any atom is -0.356 e. The number of hydrogen-bond acceptors (Lipinski definition) is 3. The summed E-state index contributed by atoms with van der Waals surface area (Å²) in [6.45, 7) is 1.79. The molecule has 0 atom stereocenters. The Bertz CT molecular complexity index is 667. The minimum atomic E-state index is -0.409. The molecule has 4 heteroatoms. The molecular formula is C18H20N2O2. The summed E-state index contributed by atoms with van der Waals surface area (Å²) in [5.74, 6) is 0.994. The van der Waals surface area contributed by atoms with E-state index in [1.54, 1.807) is 0 Å². The second kappa shape index (κ2) is 5.27. The second-order valence-electron chi connectivity index (χ2n) is 6.38. The summed E-state index contributed by atoms with van der Waals surface area (Å²) >= 11 is 0. The summed E-state index contributed by atoms with van der Waals surface area (Å²) < 4.78 is 5.49. The minimum absolute atomic E-state index is 0.250.